The Kier molecular flexibility index (Phi) is 4.52. The summed E-state index contributed by atoms with van der Waals surface area (Å²) in [5, 5.41) is 28.0. The van der Waals surface area contributed by atoms with E-state index in [9.17, 15) is 9.90 Å². The molecule has 10 heteroatoms. The highest BCUT2D eigenvalue weighted by molar-refractivity contribution is 6.01. The first-order chi connectivity index (χ1) is 14.8. The van der Waals surface area contributed by atoms with Crippen molar-refractivity contribution < 1.29 is 19.5 Å². The first kappa shape index (κ1) is 18.1. The maximum atomic E-state index is 10.8. The Morgan fingerprint density at radius 2 is 2.07 bits per heavy atom. The van der Waals surface area contributed by atoms with Gasteiger partial charge in [0.15, 0.2) is 18.0 Å². The predicted octanol–water partition coefficient (Wildman–Crippen LogP) is 1.55. The zero-order chi connectivity index (χ0) is 20.5. The minimum absolute atomic E-state index is 0.135. The lowest BCUT2D eigenvalue weighted by Crippen LogP contribution is -2.15. The summed E-state index contributed by atoms with van der Waals surface area (Å²) in [4.78, 5) is 20.2. The van der Waals surface area contributed by atoms with Gasteiger partial charge in [-0.3, -0.25) is 9.78 Å². The topological polar surface area (TPSA) is 124 Å². The Morgan fingerprint density at radius 1 is 1.20 bits per heavy atom. The standard InChI is InChI=1S/C20H16N6O4/c27-9-12-5-6-13(21-8-12)11-29-20-16-4-2-1-3-15(16)18-22-23-19(26(18)24-20)17-7-14(10-28)30-25-17/h1-6,8-9,14,28H,7,10-11H2. The fourth-order valence-corrected chi connectivity index (χ4v) is 3.23. The molecule has 0 saturated heterocycles. The fraction of sp³-hybridized carbons (Fsp3) is 0.200. The molecule has 1 aliphatic heterocycles. The quantitative estimate of drug-likeness (QED) is 0.480. The molecule has 10 nitrogen and oxygen atoms in total. The van der Waals surface area contributed by atoms with E-state index in [-0.39, 0.29) is 13.2 Å². The van der Waals surface area contributed by atoms with E-state index in [0.29, 0.717) is 40.7 Å². The maximum Gasteiger partial charge on any atom is 0.240 e. The molecule has 3 aromatic heterocycles. The number of pyridine rings is 1. The second kappa shape index (κ2) is 7.48. The molecule has 0 bridgehead atoms. The molecule has 0 fully saturated rings. The van der Waals surface area contributed by atoms with Gasteiger partial charge in [-0.2, -0.15) is 4.52 Å². The number of oxime groups is 1. The normalized spacial score (nSPS) is 15.9. The molecule has 1 N–H and O–H groups in total. The minimum atomic E-state index is -0.399. The van der Waals surface area contributed by atoms with Crippen LogP contribution in [0.25, 0.3) is 16.4 Å². The minimum Gasteiger partial charge on any atom is -0.470 e. The molecule has 0 aliphatic carbocycles. The number of aliphatic hydroxyl groups is 1. The van der Waals surface area contributed by atoms with Crippen LogP contribution in [0.4, 0.5) is 0 Å². The smallest absolute Gasteiger partial charge is 0.240 e. The summed E-state index contributed by atoms with van der Waals surface area (Å²) in [6.07, 6.45) is 2.25. The number of aliphatic hydroxyl groups excluding tert-OH is 1. The zero-order valence-corrected chi connectivity index (χ0v) is 15.7. The Morgan fingerprint density at radius 3 is 2.80 bits per heavy atom. The van der Waals surface area contributed by atoms with Gasteiger partial charge in [-0.15, -0.1) is 15.3 Å². The van der Waals surface area contributed by atoms with E-state index >= 15 is 0 Å². The van der Waals surface area contributed by atoms with Crippen molar-refractivity contribution in [3.8, 4) is 5.88 Å². The van der Waals surface area contributed by atoms with Crippen LogP contribution in [-0.4, -0.2) is 54.6 Å². The average Bonchev–Trinajstić information content (AvgIpc) is 3.44. The van der Waals surface area contributed by atoms with Crippen molar-refractivity contribution in [2.75, 3.05) is 6.61 Å². The summed E-state index contributed by atoms with van der Waals surface area (Å²) in [6, 6.07) is 11.0. The molecule has 0 amide bonds. The highest BCUT2D eigenvalue weighted by Gasteiger charge is 2.26. The number of ether oxygens (including phenoxy) is 1. The predicted molar refractivity (Wildman–Crippen MR) is 105 cm³/mol. The van der Waals surface area contributed by atoms with Crippen molar-refractivity contribution in [1.29, 1.82) is 0 Å². The number of hydrogen-bond acceptors (Lipinski definition) is 9. The van der Waals surface area contributed by atoms with Gasteiger partial charge in [0, 0.05) is 29.0 Å². The van der Waals surface area contributed by atoms with Crippen LogP contribution in [0.5, 0.6) is 5.88 Å². The number of carbonyl (C=O) groups is 1. The lowest BCUT2D eigenvalue weighted by atomic mass is 10.1. The molecule has 0 saturated carbocycles. The Hall–Kier alpha value is -3.92. The number of carbonyl (C=O) groups excluding carboxylic acids is 1. The Bertz CT molecular complexity index is 1270. The van der Waals surface area contributed by atoms with Crippen molar-refractivity contribution in [2.24, 2.45) is 5.16 Å². The second-order valence-electron chi connectivity index (χ2n) is 6.75. The van der Waals surface area contributed by atoms with E-state index in [1.807, 2.05) is 24.3 Å². The van der Waals surface area contributed by atoms with Gasteiger partial charge in [0.1, 0.15) is 12.3 Å². The van der Waals surface area contributed by atoms with E-state index in [1.165, 1.54) is 6.20 Å². The number of rotatable bonds is 6. The molecule has 5 rings (SSSR count). The number of nitrogens with zero attached hydrogens (tertiary/aromatic N) is 6. The maximum absolute atomic E-state index is 10.8. The molecule has 150 valence electrons. The summed E-state index contributed by atoms with van der Waals surface area (Å²) in [7, 11) is 0. The molecular weight excluding hydrogens is 388 g/mol. The van der Waals surface area contributed by atoms with Crippen LogP contribution in [0.2, 0.25) is 0 Å². The lowest BCUT2D eigenvalue weighted by Gasteiger charge is -2.09. The van der Waals surface area contributed by atoms with E-state index in [4.69, 9.17) is 9.57 Å². The number of hydrogen-bond donors (Lipinski definition) is 1. The van der Waals surface area contributed by atoms with Crippen molar-refractivity contribution in [3.63, 3.8) is 0 Å². The van der Waals surface area contributed by atoms with Gasteiger partial charge in [-0.05, 0) is 18.2 Å². The molecular formula is C20H16N6O4. The third-order valence-electron chi connectivity index (χ3n) is 4.77. The van der Waals surface area contributed by atoms with Crippen LogP contribution in [0.1, 0.15) is 28.3 Å². The van der Waals surface area contributed by atoms with Crippen LogP contribution in [-0.2, 0) is 11.4 Å². The lowest BCUT2D eigenvalue weighted by molar-refractivity contribution is 0.0390. The number of aromatic nitrogens is 5. The molecule has 1 aliphatic rings. The molecule has 1 aromatic carbocycles. The third kappa shape index (κ3) is 3.12. The summed E-state index contributed by atoms with van der Waals surface area (Å²) in [6.45, 7) is 0.0418. The average molecular weight is 404 g/mol. The molecule has 0 radical (unpaired) electrons. The van der Waals surface area contributed by atoms with Crippen molar-refractivity contribution in [3.05, 3.63) is 59.7 Å². The summed E-state index contributed by atoms with van der Waals surface area (Å²) < 4.78 is 7.54. The summed E-state index contributed by atoms with van der Waals surface area (Å²) >= 11 is 0. The Labute approximate surface area is 169 Å². The van der Waals surface area contributed by atoms with Crippen LogP contribution >= 0.6 is 0 Å². The van der Waals surface area contributed by atoms with E-state index in [2.05, 4.69) is 25.4 Å². The van der Waals surface area contributed by atoms with Gasteiger partial charge in [0.25, 0.3) is 0 Å². The van der Waals surface area contributed by atoms with Crippen LogP contribution in [0, 0.1) is 0 Å². The molecule has 4 heterocycles. The van der Waals surface area contributed by atoms with E-state index < -0.39 is 6.10 Å². The number of fused-ring (bicyclic) bond motifs is 3. The second-order valence-corrected chi connectivity index (χ2v) is 6.75. The molecule has 0 spiro atoms. The summed E-state index contributed by atoms with van der Waals surface area (Å²) in [5.41, 5.74) is 2.28. The van der Waals surface area contributed by atoms with Gasteiger partial charge in [-0.1, -0.05) is 23.4 Å². The van der Waals surface area contributed by atoms with Crippen LogP contribution < -0.4 is 4.74 Å². The van der Waals surface area contributed by atoms with Crippen LogP contribution in [0.15, 0.2) is 47.8 Å². The van der Waals surface area contributed by atoms with Gasteiger partial charge < -0.3 is 14.7 Å². The van der Waals surface area contributed by atoms with Crippen molar-refractivity contribution in [2.45, 2.75) is 19.1 Å². The van der Waals surface area contributed by atoms with Gasteiger partial charge >= 0.3 is 0 Å². The molecule has 1 unspecified atom stereocenters. The van der Waals surface area contributed by atoms with Crippen molar-refractivity contribution in [1.82, 2.24) is 24.8 Å². The Balaban J connectivity index is 1.54. The first-order valence-electron chi connectivity index (χ1n) is 9.28. The molecule has 1 atom stereocenters. The number of aldehydes is 1. The highest BCUT2D eigenvalue weighted by Crippen LogP contribution is 2.28. The molecule has 30 heavy (non-hydrogen) atoms. The van der Waals surface area contributed by atoms with Gasteiger partial charge in [0.2, 0.25) is 11.7 Å². The van der Waals surface area contributed by atoms with Crippen LogP contribution in [0.3, 0.4) is 0 Å². The molecule has 4 aromatic rings. The highest BCUT2D eigenvalue weighted by atomic mass is 16.6. The third-order valence-corrected chi connectivity index (χ3v) is 4.77. The first-order valence-corrected chi connectivity index (χ1v) is 9.28. The SMILES string of the molecule is O=Cc1ccc(COc2nn3c(C4=NOC(CO)C4)nnc3c3ccccc23)nc1. The van der Waals surface area contributed by atoms with E-state index in [0.717, 1.165) is 17.1 Å². The van der Waals surface area contributed by atoms with Gasteiger partial charge in [0.05, 0.1) is 12.3 Å². The summed E-state index contributed by atoms with van der Waals surface area (Å²) in [5.74, 6) is 0.823. The monoisotopic (exact) mass is 404 g/mol. The zero-order valence-electron chi connectivity index (χ0n) is 15.7. The number of benzene rings is 1. The van der Waals surface area contributed by atoms with Gasteiger partial charge in [-0.25, -0.2) is 0 Å². The largest absolute Gasteiger partial charge is 0.470 e. The van der Waals surface area contributed by atoms with Crippen molar-refractivity contribution >= 4 is 28.4 Å². The van der Waals surface area contributed by atoms with E-state index in [1.54, 1.807) is 16.6 Å². The fourth-order valence-electron chi connectivity index (χ4n) is 3.23.